The van der Waals surface area contributed by atoms with E-state index in [0.29, 0.717) is 12.1 Å². The highest BCUT2D eigenvalue weighted by molar-refractivity contribution is 6.30. The molecule has 2 rings (SSSR count). The van der Waals surface area contributed by atoms with Crippen LogP contribution in [0.5, 0.6) is 0 Å². The van der Waals surface area contributed by atoms with Crippen molar-refractivity contribution in [2.24, 2.45) is 0 Å². The van der Waals surface area contributed by atoms with Crippen LogP contribution in [-0.4, -0.2) is 15.6 Å². The van der Waals surface area contributed by atoms with E-state index in [2.05, 4.69) is 5.10 Å². The molecule has 1 aromatic heterocycles. The van der Waals surface area contributed by atoms with Crippen LogP contribution in [0.1, 0.15) is 22.8 Å². The molecule has 0 aliphatic heterocycles. The Morgan fingerprint density at radius 2 is 2.29 bits per heavy atom. The third-order valence-electron chi connectivity index (χ3n) is 2.37. The van der Waals surface area contributed by atoms with Crippen LogP contribution in [0.4, 0.5) is 4.39 Å². The summed E-state index contributed by atoms with van der Waals surface area (Å²) in [6.45, 7) is 1.93. The van der Waals surface area contributed by atoms with E-state index in [1.165, 1.54) is 19.2 Å². The summed E-state index contributed by atoms with van der Waals surface area (Å²) in [5.74, 6) is -0.478. The normalized spacial score (nSPS) is 10.5. The summed E-state index contributed by atoms with van der Waals surface area (Å²) < 4.78 is 14.6. The van der Waals surface area contributed by atoms with Crippen LogP contribution < -0.4 is 0 Å². The van der Waals surface area contributed by atoms with E-state index >= 15 is 0 Å². The zero-order valence-corrected chi connectivity index (χ0v) is 9.91. The van der Waals surface area contributed by atoms with E-state index in [9.17, 15) is 9.18 Å². The highest BCUT2D eigenvalue weighted by Gasteiger charge is 2.05. The molecule has 0 saturated carbocycles. The number of ketones is 1. The summed E-state index contributed by atoms with van der Waals surface area (Å²) >= 11 is 5.68. The Morgan fingerprint density at radius 1 is 1.53 bits per heavy atom. The van der Waals surface area contributed by atoms with Gasteiger partial charge in [-0.1, -0.05) is 17.7 Å². The van der Waals surface area contributed by atoms with E-state index < -0.39 is 5.82 Å². The van der Waals surface area contributed by atoms with E-state index in [-0.39, 0.29) is 10.8 Å². The lowest BCUT2D eigenvalue weighted by atomic mass is 10.2. The molecule has 0 amide bonds. The van der Waals surface area contributed by atoms with Gasteiger partial charge in [-0.2, -0.15) is 5.10 Å². The summed E-state index contributed by atoms with van der Waals surface area (Å²) in [6, 6.07) is 4.50. The number of hydrogen-bond acceptors (Lipinski definition) is 2. The summed E-state index contributed by atoms with van der Waals surface area (Å²) in [7, 11) is 0. The van der Waals surface area contributed by atoms with Gasteiger partial charge in [-0.3, -0.25) is 9.48 Å². The molecule has 0 fully saturated rings. The maximum atomic E-state index is 12.9. The quantitative estimate of drug-likeness (QED) is 0.788. The van der Waals surface area contributed by atoms with Gasteiger partial charge < -0.3 is 0 Å². The second-order valence-electron chi connectivity index (χ2n) is 3.73. The van der Waals surface area contributed by atoms with Gasteiger partial charge in [0, 0.05) is 6.20 Å². The average molecular weight is 253 g/mol. The van der Waals surface area contributed by atoms with E-state index in [4.69, 9.17) is 11.6 Å². The van der Waals surface area contributed by atoms with E-state index in [0.717, 1.165) is 5.56 Å². The Bertz CT molecular complexity index is 565. The van der Waals surface area contributed by atoms with Gasteiger partial charge in [0.25, 0.3) is 0 Å². The van der Waals surface area contributed by atoms with Crippen LogP contribution in [0.25, 0.3) is 0 Å². The standard InChI is InChI=1S/C12H10ClFN2O/c1-8(17)10-5-15-16(7-10)6-9-2-3-12(14)11(13)4-9/h2-5,7H,6H2,1H3. The molecule has 3 nitrogen and oxygen atoms in total. The number of hydrogen-bond donors (Lipinski definition) is 0. The number of benzene rings is 1. The van der Waals surface area contributed by atoms with Crippen molar-refractivity contribution in [3.05, 3.63) is 52.6 Å². The van der Waals surface area contributed by atoms with Crippen molar-refractivity contribution in [2.75, 3.05) is 0 Å². The van der Waals surface area contributed by atoms with Crippen LogP contribution in [0.3, 0.4) is 0 Å². The molecule has 0 spiro atoms. The third-order valence-corrected chi connectivity index (χ3v) is 2.66. The number of aromatic nitrogens is 2. The van der Waals surface area contributed by atoms with Crippen LogP contribution in [0, 0.1) is 5.82 Å². The van der Waals surface area contributed by atoms with Crippen molar-refractivity contribution in [3.63, 3.8) is 0 Å². The summed E-state index contributed by atoms with van der Waals surface area (Å²) in [4.78, 5) is 11.1. The molecule has 0 bridgehead atoms. The van der Waals surface area contributed by atoms with Gasteiger partial charge in [0.1, 0.15) is 5.82 Å². The molecule has 0 atom stereocenters. The van der Waals surface area contributed by atoms with Gasteiger partial charge in [0.2, 0.25) is 0 Å². The average Bonchev–Trinajstić information content (AvgIpc) is 2.72. The SMILES string of the molecule is CC(=O)c1cnn(Cc2ccc(F)c(Cl)c2)c1. The predicted molar refractivity (Wildman–Crippen MR) is 62.7 cm³/mol. The number of carbonyl (C=O) groups excluding carboxylic acids is 1. The molecular formula is C12H10ClFN2O. The Morgan fingerprint density at radius 3 is 2.88 bits per heavy atom. The molecule has 0 saturated heterocycles. The number of nitrogens with zero attached hydrogens (tertiary/aromatic N) is 2. The molecule has 1 heterocycles. The Labute approximate surface area is 103 Å². The zero-order chi connectivity index (χ0) is 12.4. The molecule has 0 N–H and O–H groups in total. The minimum Gasteiger partial charge on any atom is -0.294 e. The van der Waals surface area contributed by atoms with E-state index in [1.807, 2.05) is 0 Å². The summed E-state index contributed by atoms with van der Waals surface area (Å²) in [6.07, 6.45) is 3.16. The fraction of sp³-hybridized carbons (Fsp3) is 0.167. The highest BCUT2D eigenvalue weighted by atomic mass is 35.5. The number of halogens is 2. The maximum absolute atomic E-state index is 12.9. The second kappa shape index (κ2) is 4.67. The minimum absolute atomic E-state index is 0.0339. The minimum atomic E-state index is -0.444. The van der Waals surface area contributed by atoms with Crippen molar-refractivity contribution in [2.45, 2.75) is 13.5 Å². The molecular weight excluding hydrogens is 243 g/mol. The molecule has 0 aliphatic rings. The lowest BCUT2D eigenvalue weighted by Gasteiger charge is -2.02. The lowest BCUT2D eigenvalue weighted by Crippen LogP contribution is -2.00. The fourth-order valence-electron chi connectivity index (χ4n) is 1.46. The smallest absolute Gasteiger partial charge is 0.162 e. The molecule has 2 aromatic rings. The third kappa shape index (κ3) is 2.71. The molecule has 0 unspecified atom stereocenters. The highest BCUT2D eigenvalue weighted by Crippen LogP contribution is 2.16. The van der Waals surface area contributed by atoms with Crippen molar-refractivity contribution >= 4 is 17.4 Å². The van der Waals surface area contributed by atoms with Crippen LogP contribution in [0.15, 0.2) is 30.6 Å². The molecule has 0 radical (unpaired) electrons. The van der Waals surface area contributed by atoms with Gasteiger partial charge in [-0.05, 0) is 24.6 Å². The topological polar surface area (TPSA) is 34.9 Å². The van der Waals surface area contributed by atoms with Crippen LogP contribution >= 0.6 is 11.6 Å². The molecule has 0 aliphatic carbocycles. The van der Waals surface area contributed by atoms with Gasteiger partial charge >= 0.3 is 0 Å². The van der Waals surface area contributed by atoms with Crippen molar-refractivity contribution in [1.29, 1.82) is 0 Å². The summed E-state index contributed by atoms with van der Waals surface area (Å²) in [5.41, 5.74) is 1.38. The Hall–Kier alpha value is -1.68. The van der Waals surface area contributed by atoms with Crippen molar-refractivity contribution < 1.29 is 9.18 Å². The van der Waals surface area contributed by atoms with Crippen molar-refractivity contribution in [3.8, 4) is 0 Å². The number of carbonyl (C=O) groups is 1. The molecule has 17 heavy (non-hydrogen) atoms. The largest absolute Gasteiger partial charge is 0.294 e. The van der Waals surface area contributed by atoms with Crippen LogP contribution in [-0.2, 0) is 6.54 Å². The first-order chi connectivity index (χ1) is 8.06. The Balaban J connectivity index is 2.19. The number of Topliss-reactive ketones (excluding diaryl/α,β-unsaturated/α-hetero) is 1. The van der Waals surface area contributed by atoms with Gasteiger partial charge in [-0.25, -0.2) is 4.39 Å². The van der Waals surface area contributed by atoms with Gasteiger partial charge in [-0.15, -0.1) is 0 Å². The fourth-order valence-corrected chi connectivity index (χ4v) is 1.66. The predicted octanol–water partition coefficient (Wildman–Crippen LogP) is 2.93. The maximum Gasteiger partial charge on any atom is 0.162 e. The monoisotopic (exact) mass is 252 g/mol. The van der Waals surface area contributed by atoms with Crippen LogP contribution in [0.2, 0.25) is 5.02 Å². The molecule has 5 heteroatoms. The molecule has 1 aromatic carbocycles. The lowest BCUT2D eigenvalue weighted by molar-refractivity contribution is 0.101. The van der Waals surface area contributed by atoms with Gasteiger partial charge in [0.05, 0.1) is 23.3 Å². The van der Waals surface area contributed by atoms with E-state index in [1.54, 1.807) is 23.0 Å². The zero-order valence-electron chi connectivity index (χ0n) is 9.15. The first kappa shape index (κ1) is 11.8. The first-order valence-corrected chi connectivity index (χ1v) is 5.41. The summed E-state index contributed by atoms with van der Waals surface area (Å²) in [5, 5.41) is 4.13. The second-order valence-corrected chi connectivity index (χ2v) is 4.14. The molecule has 88 valence electrons. The van der Waals surface area contributed by atoms with Crippen molar-refractivity contribution in [1.82, 2.24) is 9.78 Å². The number of rotatable bonds is 3. The van der Waals surface area contributed by atoms with Gasteiger partial charge in [0.15, 0.2) is 5.78 Å². The first-order valence-electron chi connectivity index (χ1n) is 5.03. The Kier molecular flexibility index (Phi) is 3.24.